The van der Waals surface area contributed by atoms with Crippen LogP contribution in [0.25, 0.3) is 0 Å². The fraction of sp³-hybridized carbons (Fsp3) is 0.0833. The molecule has 0 bridgehead atoms. The predicted octanol–water partition coefficient (Wildman–Crippen LogP) is 3.00. The third-order valence-electron chi connectivity index (χ3n) is 5.27. The third-order valence-corrected chi connectivity index (χ3v) is 5.27. The van der Waals surface area contributed by atoms with E-state index in [1.807, 2.05) is 0 Å². The van der Waals surface area contributed by atoms with Crippen LogP contribution in [0.15, 0.2) is 96.4 Å². The van der Waals surface area contributed by atoms with E-state index in [0.29, 0.717) is 16.7 Å². The fourth-order valence-corrected chi connectivity index (χ4v) is 3.78. The van der Waals surface area contributed by atoms with Gasteiger partial charge in [0.25, 0.3) is 5.56 Å². The maximum absolute atomic E-state index is 13.7. The molecule has 4 rings (SSSR count). The quantitative estimate of drug-likeness (QED) is 0.486. The van der Waals surface area contributed by atoms with Gasteiger partial charge in [-0.2, -0.15) is 0 Å². The lowest BCUT2D eigenvalue weighted by molar-refractivity contribution is 0.0358. The van der Waals surface area contributed by atoms with Gasteiger partial charge < -0.3 is 14.8 Å². The van der Waals surface area contributed by atoms with Gasteiger partial charge in [0.15, 0.2) is 0 Å². The number of pyridine rings is 3. The molecule has 3 aromatic heterocycles. The van der Waals surface area contributed by atoms with Crippen molar-refractivity contribution in [2.45, 2.75) is 11.6 Å². The zero-order valence-electron chi connectivity index (χ0n) is 16.7. The highest BCUT2D eigenvalue weighted by molar-refractivity contribution is 5.87. The molecule has 0 aliphatic carbocycles. The van der Waals surface area contributed by atoms with E-state index in [9.17, 15) is 24.2 Å². The van der Waals surface area contributed by atoms with Gasteiger partial charge in [0.1, 0.15) is 17.0 Å². The van der Waals surface area contributed by atoms with Crippen LogP contribution in [-0.4, -0.2) is 30.7 Å². The molecule has 1 atom stereocenters. The SMILES string of the molecule is O=C(O)c1cccn(C(c2ccc(F)cc2)C(O)(c2cccnc2)c2cccnc2)c1=O. The molecule has 1 unspecified atom stereocenters. The number of hydrogen-bond donors (Lipinski definition) is 2. The monoisotopic (exact) mass is 431 g/mol. The van der Waals surface area contributed by atoms with Crippen molar-refractivity contribution < 1.29 is 19.4 Å². The van der Waals surface area contributed by atoms with Crippen molar-refractivity contribution >= 4 is 5.97 Å². The number of hydrogen-bond acceptors (Lipinski definition) is 5. The number of benzene rings is 1. The lowest BCUT2D eigenvalue weighted by Gasteiger charge is -2.38. The number of carboxylic acid groups (broad SMARTS) is 1. The average Bonchev–Trinajstić information content (AvgIpc) is 2.82. The van der Waals surface area contributed by atoms with Gasteiger partial charge in [-0.3, -0.25) is 14.8 Å². The first-order chi connectivity index (χ1) is 15.4. The molecule has 0 radical (unpaired) electrons. The molecule has 160 valence electrons. The Balaban J connectivity index is 2.09. The number of halogens is 1. The van der Waals surface area contributed by atoms with Crippen LogP contribution in [0.2, 0.25) is 0 Å². The van der Waals surface area contributed by atoms with E-state index in [1.165, 1.54) is 67.4 Å². The number of carbonyl (C=O) groups is 1. The smallest absolute Gasteiger partial charge is 0.341 e. The minimum Gasteiger partial charge on any atom is -0.477 e. The molecule has 4 aromatic rings. The molecule has 0 saturated heterocycles. The molecule has 0 spiro atoms. The Morgan fingerprint density at radius 2 is 1.53 bits per heavy atom. The van der Waals surface area contributed by atoms with Crippen LogP contribution in [0, 0.1) is 5.82 Å². The molecule has 1 aromatic carbocycles. The Hall–Kier alpha value is -4.17. The van der Waals surface area contributed by atoms with Gasteiger partial charge in [-0.15, -0.1) is 0 Å². The molecule has 7 nitrogen and oxygen atoms in total. The van der Waals surface area contributed by atoms with Gasteiger partial charge in [-0.1, -0.05) is 24.3 Å². The molecule has 0 aliphatic heterocycles. The van der Waals surface area contributed by atoms with Crippen LogP contribution in [0.1, 0.15) is 33.1 Å². The van der Waals surface area contributed by atoms with Gasteiger partial charge >= 0.3 is 5.97 Å². The van der Waals surface area contributed by atoms with E-state index in [0.717, 1.165) is 4.57 Å². The largest absolute Gasteiger partial charge is 0.477 e. The summed E-state index contributed by atoms with van der Waals surface area (Å²) in [5, 5.41) is 21.7. The van der Waals surface area contributed by atoms with Crippen molar-refractivity contribution in [3.63, 3.8) is 0 Å². The minimum absolute atomic E-state index is 0.343. The van der Waals surface area contributed by atoms with Crippen molar-refractivity contribution in [2.24, 2.45) is 0 Å². The van der Waals surface area contributed by atoms with E-state index in [1.54, 1.807) is 24.3 Å². The minimum atomic E-state index is -1.90. The van der Waals surface area contributed by atoms with Crippen molar-refractivity contribution in [1.29, 1.82) is 0 Å². The van der Waals surface area contributed by atoms with Crippen LogP contribution in [0.3, 0.4) is 0 Å². The standard InChI is InChI=1S/C24H18FN3O4/c25-19-9-7-16(8-10-19)21(28-13-3-6-20(22(28)29)23(30)31)24(32,17-4-1-11-26-14-17)18-5-2-12-27-15-18/h1-15,21,32H,(H,30,31). The second-order valence-electron chi connectivity index (χ2n) is 7.14. The molecule has 8 heteroatoms. The highest BCUT2D eigenvalue weighted by atomic mass is 19.1. The molecular weight excluding hydrogens is 413 g/mol. The Labute approximate surface area is 182 Å². The molecule has 0 saturated carbocycles. The lowest BCUT2D eigenvalue weighted by Crippen LogP contribution is -2.43. The second kappa shape index (κ2) is 8.52. The first-order valence-electron chi connectivity index (χ1n) is 9.66. The topological polar surface area (TPSA) is 105 Å². The highest BCUT2D eigenvalue weighted by Crippen LogP contribution is 2.42. The predicted molar refractivity (Wildman–Crippen MR) is 114 cm³/mol. The van der Waals surface area contributed by atoms with Crippen molar-refractivity contribution in [1.82, 2.24) is 14.5 Å². The number of aromatic nitrogens is 3. The van der Waals surface area contributed by atoms with Crippen molar-refractivity contribution in [2.75, 3.05) is 0 Å². The first kappa shape index (κ1) is 21.1. The summed E-state index contributed by atoms with van der Waals surface area (Å²) in [6.45, 7) is 0. The molecular formula is C24H18FN3O4. The molecule has 0 amide bonds. The second-order valence-corrected chi connectivity index (χ2v) is 7.14. The number of nitrogens with zero attached hydrogens (tertiary/aromatic N) is 3. The van der Waals surface area contributed by atoms with Gasteiger partial charge in [0, 0.05) is 42.1 Å². The van der Waals surface area contributed by atoms with E-state index in [4.69, 9.17) is 0 Å². The summed E-state index contributed by atoms with van der Waals surface area (Å²) in [5.41, 5.74) is -2.11. The Morgan fingerprint density at radius 3 is 2.03 bits per heavy atom. The van der Waals surface area contributed by atoms with Gasteiger partial charge in [-0.25, -0.2) is 9.18 Å². The Bertz CT molecular complexity index is 1250. The fourth-order valence-electron chi connectivity index (χ4n) is 3.78. The molecule has 0 aliphatic rings. The zero-order chi connectivity index (χ0) is 22.7. The van der Waals surface area contributed by atoms with Crippen molar-refractivity contribution in [3.8, 4) is 0 Å². The molecule has 0 fully saturated rings. The summed E-state index contributed by atoms with van der Waals surface area (Å²) in [5.74, 6) is -1.89. The van der Waals surface area contributed by atoms with Crippen molar-refractivity contribution in [3.05, 3.63) is 130 Å². The summed E-state index contributed by atoms with van der Waals surface area (Å²) < 4.78 is 14.9. The Morgan fingerprint density at radius 1 is 0.938 bits per heavy atom. The lowest BCUT2D eigenvalue weighted by atomic mass is 9.78. The highest BCUT2D eigenvalue weighted by Gasteiger charge is 2.43. The molecule has 2 N–H and O–H groups in total. The zero-order valence-corrected chi connectivity index (χ0v) is 16.7. The summed E-state index contributed by atoms with van der Waals surface area (Å²) >= 11 is 0. The number of aliphatic hydroxyl groups is 1. The molecule has 32 heavy (non-hydrogen) atoms. The summed E-state index contributed by atoms with van der Waals surface area (Å²) in [7, 11) is 0. The Kier molecular flexibility index (Phi) is 5.61. The van der Waals surface area contributed by atoms with E-state index in [-0.39, 0.29) is 0 Å². The summed E-state index contributed by atoms with van der Waals surface area (Å²) in [6.07, 6.45) is 7.38. The van der Waals surface area contributed by atoms with Crippen LogP contribution in [0.4, 0.5) is 4.39 Å². The maximum Gasteiger partial charge on any atom is 0.341 e. The average molecular weight is 431 g/mol. The van der Waals surface area contributed by atoms with Gasteiger partial charge in [0.05, 0.1) is 6.04 Å². The summed E-state index contributed by atoms with van der Waals surface area (Å²) in [6, 6.07) is 13.3. The van der Waals surface area contributed by atoms with E-state index >= 15 is 0 Å². The molecule has 3 heterocycles. The van der Waals surface area contributed by atoms with Gasteiger partial charge in [-0.05, 0) is 42.0 Å². The number of carboxylic acids is 1. The van der Waals surface area contributed by atoms with E-state index in [2.05, 4.69) is 9.97 Å². The van der Waals surface area contributed by atoms with Crippen LogP contribution in [0.5, 0.6) is 0 Å². The normalized spacial score (nSPS) is 12.3. The number of aromatic carboxylic acids is 1. The van der Waals surface area contributed by atoms with Crippen LogP contribution in [-0.2, 0) is 5.60 Å². The van der Waals surface area contributed by atoms with Gasteiger partial charge in [0.2, 0.25) is 0 Å². The van der Waals surface area contributed by atoms with E-state index < -0.39 is 34.6 Å². The maximum atomic E-state index is 13.7. The van der Waals surface area contributed by atoms with Crippen LogP contribution < -0.4 is 5.56 Å². The first-order valence-corrected chi connectivity index (χ1v) is 9.66. The van der Waals surface area contributed by atoms with Crippen LogP contribution >= 0.6 is 0 Å². The third kappa shape index (κ3) is 3.67. The number of rotatable bonds is 6. The summed E-state index contributed by atoms with van der Waals surface area (Å²) in [4.78, 5) is 33.0.